The Balaban J connectivity index is 1.99. The molecule has 0 unspecified atom stereocenters. The van der Waals surface area contributed by atoms with Gasteiger partial charge >= 0.3 is 0 Å². The van der Waals surface area contributed by atoms with E-state index in [-0.39, 0.29) is 11.6 Å². The molecule has 0 aliphatic rings. The molecule has 0 aliphatic heterocycles. The number of hydrogen-bond acceptors (Lipinski definition) is 5. The highest BCUT2D eigenvalue weighted by Crippen LogP contribution is 2.23. The molecular formula is C16H10N2O2S. The van der Waals surface area contributed by atoms with Crippen LogP contribution in [0.3, 0.4) is 0 Å². The van der Waals surface area contributed by atoms with Gasteiger partial charge in [-0.1, -0.05) is 0 Å². The summed E-state index contributed by atoms with van der Waals surface area (Å²) in [5, 5.41) is 1.75. The zero-order valence-corrected chi connectivity index (χ0v) is 11.7. The lowest BCUT2D eigenvalue weighted by Crippen LogP contribution is -2.08. The SMILES string of the molecule is O=C(c1cccnc1)c1ccsc1C(=O)c1ccncc1. The first kappa shape index (κ1) is 13.3. The van der Waals surface area contributed by atoms with Gasteiger partial charge in [0.1, 0.15) is 0 Å². The first-order valence-corrected chi connectivity index (χ1v) is 7.12. The van der Waals surface area contributed by atoms with Gasteiger partial charge in [0.25, 0.3) is 0 Å². The number of rotatable bonds is 4. The summed E-state index contributed by atoms with van der Waals surface area (Å²) < 4.78 is 0. The number of hydrogen-bond donors (Lipinski definition) is 0. The third-order valence-electron chi connectivity index (χ3n) is 2.98. The summed E-state index contributed by atoms with van der Waals surface area (Å²) in [6, 6.07) is 8.34. The molecule has 0 fully saturated rings. The molecule has 3 rings (SSSR count). The predicted molar refractivity (Wildman–Crippen MR) is 79.7 cm³/mol. The number of thiophene rings is 1. The molecule has 3 aromatic rings. The van der Waals surface area contributed by atoms with Crippen molar-refractivity contribution in [2.24, 2.45) is 0 Å². The van der Waals surface area contributed by atoms with Crippen molar-refractivity contribution in [2.45, 2.75) is 0 Å². The first-order chi connectivity index (χ1) is 10.3. The molecule has 0 radical (unpaired) electrons. The van der Waals surface area contributed by atoms with Crippen molar-refractivity contribution in [1.29, 1.82) is 0 Å². The van der Waals surface area contributed by atoms with Crippen LogP contribution in [0, 0.1) is 0 Å². The lowest BCUT2D eigenvalue weighted by molar-refractivity contribution is 0.101. The molecule has 5 heteroatoms. The van der Waals surface area contributed by atoms with Gasteiger partial charge in [-0.05, 0) is 35.7 Å². The predicted octanol–water partition coefficient (Wildman–Crippen LogP) is 3.00. The highest BCUT2D eigenvalue weighted by molar-refractivity contribution is 7.12. The van der Waals surface area contributed by atoms with Crippen LogP contribution in [0.15, 0.2) is 60.5 Å². The summed E-state index contributed by atoms with van der Waals surface area (Å²) in [6.07, 6.45) is 6.22. The number of nitrogens with zero attached hydrogens (tertiary/aromatic N) is 2. The molecule has 0 saturated heterocycles. The van der Waals surface area contributed by atoms with Crippen molar-refractivity contribution in [3.63, 3.8) is 0 Å². The average Bonchev–Trinajstić information content (AvgIpc) is 3.04. The van der Waals surface area contributed by atoms with Crippen molar-refractivity contribution in [3.8, 4) is 0 Å². The second-order valence-electron chi connectivity index (χ2n) is 4.30. The molecular weight excluding hydrogens is 284 g/mol. The minimum Gasteiger partial charge on any atom is -0.288 e. The van der Waals surface area contributed by atoms with Crippen molar-refractivity contribution in [1.82, 2.24) is 9.97 Å². The van der Waals surface area contributed by atoms with Gasteiger partial charge in [0.05, 0.1) is 4.88 Å². The Labute approximate surface area is 125 Å². The van der Waals surface area contributed by atoms with Gasteiger partial charge in [-0.15, -0.1) is 11.3 Å². The van der Waals surface area contributed by atoms with Crippen LogP contribution < -0.4 is 0 Å². The average molecular weight is 294 g/mol. The van der Waals surface area contributed by atoms with Crippen molar-refractivity contribution >= 4 is 22.9 Å². The smallest absolute Gasteiger partial charge is 0.203 e. The molecule has 21 heavy (non-hydrogen) atoms. The molecule has 0 aliphatic carbocycles. The van der Waals surface area contributed by atoms with E-state index < -0.39 is 0 Å². The Morgan fingerprint density at radius 1 is 0.857 bits per heavy atom. The molecule has 0 atom stereocenters. The lowest BCUT2D eigenvalue weighted by atomic mass is 10.0. The second kappa shape index (κ2) is 5.76. The Morgan fingerprint density at radius 2 is 1.67 bits per heavy atom. The quantitative estimate of drug-likeness (QED) is 0.694. The second-order valence-corrected chi connectivity index (χ2v) is 5.22. The molecule has 3 aromatic heterocycles. The largest absolute Gasteiger partial charge is 0.288 e. The Bertz CT molecular complexity index is 716. The number of aromatic nitrogens is 2. The highest BCUT2D eigenvalue weighted by Gasteiger charge is 2.21. The number of carbonyl (C=O) groups excluding carboxylic acids is 2. The van der Waals surface area contributed by atoms with E-state index in [2.05, 4.69) is 9.97 Å². The maximum absolute atomic E-state index is 12.5. The van der Waals surface area contributed by atoms with Crippen molar-refractivity contribution in [3.05, 3.63) is 82.1 Å². The Kier molecular flexibility index (Phi) is 3.66. The molecule has 0 saturated carbocycles. The van der Waals surface area contributed by atoms with Crippen molar-refractivity contribution < 1.29 is 9.59 Å². The van der Waals surface area contributed by atoms with Gasteiger partial charge in [-0.2, -0.15) is 0 Å². The normalized spacial score (nSPS) is 10.3. The summed E-state index contributed by atoms with van der Waals surface area (Å²) in [5.41, 5.74) is 1.40. The van der Waals surface area contributed by atoms with Gasteiger partial charge in [-0.3, -0.25) is 19.6 Å². The van der Waals surface area contributed by atoms with E-state index in [1.165, 1.54) is 17.5 Å². The fourth-order valence-corrected chi connectivity index (χ4v) is 2.80. The van der Waals surface area contributed by atoms with E-state index in [0.29, 0.717) is 21.6 Å². The Morgan fingerprint density at radius 3 is 2.38 bits per heavy atom. The van der Waals surface area contributed by atoms with Crippen LogP contribution in [0.5, 0.6) is 0 Å². The van der Waals surface area contributed by atoms with Gasteiger partial charge in [0, 0.05) is 41.5 Å². The minimum absolute atomic E-state index is 0.167. The topological polar surface area (TPSA) is 59.9 Å². The molecule has 3 heterocycles. The lowest BCUT2D eigenvalue weighted by Gasteiger charge is -2.03. The third kappa shape index (κ3) is 2.64. The maximum atomic E-state index is 12.5. The summed E-state index contributed by atoms with van der Waals surface area (Å²) in [7, 11) is 0. The summed E-state index contributed by atoms with van der Waals surface area (Å²) in [4.78, 5) is 33.2. The van der Waals surface area contributed by atoms with Crippen LogP contribution in [0.2, 0.25) is 0 Å². The van der Waals surface area contributed by atoms with Crippen LogP contribution in [0.25, 0.3) is 0 Å². The zero-order valence-electron chi connectivity index (χ0n) is 10.9. The molecule has 102 valence electrons. The van der Waals surface area contributed by atoms with Gasteiger partial charge in [0.2, 0.25) is 5.78 Å². The fourth-order valence-electron chi connectivity index (χ4n) is 1.95. The molecule has 0 aromatic carbocycles. The molecule has 0 spiro atoms. The number of ketones is 2. The van der Waals surface area contributed by atoms with Crippen LogP contribution in [-0.2, 0) is 0 Å². The highest BCUT2D eigenvalue weighted by atomic mass is 32.1. The first-order valence-electron chi connectivity index (χ1n) is 6.24. The molecule has 0 N–H and O–H groups in total. The Hall–Kier alpha value is -2.66. The van der Waals surface area contributed by atoms with Crippen LogP contribution >= 0.6 is 11.3 Å². The fraction of sp³-hybridized carbons (Fsp3) is 0. The maximum Gasteiger partial charge on any atom is 0.203 e. The zero-order chi connectivity index (χ0) is 14.7. The van der Waals surface area contributed by atoms with E-state index in [9.17, 15) is 9.59 Å². The van der Waals surface area contributed by atoms with Gasteiger partial charge < -0.3 is 0 Å². The van der Waals surface area contributed by atoms with Gasteiger partial charge in [-0.25, -0.2) is 0 Å². The van der Waals surface area contributed by atoms with E-state index in [1.807, 2.05) is 0 Å². The molecule has 0 bridgehead atoms. The van der Waals surface area contributed by atoms with Crippen LogP contribution in [0.1, 0.15) is 31.2 Å². The van der Waals surface area contributed by atoms with E-state index in [1.54, 1.807) is 54.3 Å². The van der Waals surface area contributed by atoms with Crippen LogP contribution in [0.4, 0.5) is 0 Å². The van der Waals surface area contributed by atoms with E-state index in [0.717, 1.165) is 0 Å². The van der Waals surface area contributed by atoms with Gasteiger partial charge in [0.15, 0.2) is 5.78 Å². The minimum atomic E-state index is -0.193. The number of pyridine rings is 2. The summed E-state index contributed by atoms with van der Waals surface area (Å²) in [6.45, 7) is 0. The molecule has 0 amide bonds. The molecule has 4 nitrogen and oxygen atoms in total. The number of carbonyl (C=O) groups is 2. The third-order valence-corrected chi connectivity index (χ3v) is 3.90. The summed E-state index contributed by atoms with van der Waals surface area (Å²) >= 11 is 1.26. The standard InChI is InChI=1S/C16H10N2O2S/c19-14(12-2-1-6-18-10-12)13-5-9-21-16(13)15(20)11-3-7-17-8-4-11/h1-10H. The van der Waals surface area contributed by atoms with E-state index in [4.69, 9.17) is 0 Å². The van der Waals surface area contributed by atoms with Crippen molar-refractivity contribution in [2.75, 3.05) is 0 Å². The monoisotopic (exact) mass is 294 g/mol. The van der Waals surface area contributed by atoms with E-state index >= 15 is 0 Å². The van der Waals surface area contributed by atoms with Crippen LogP contribution in [-0.4, -0.2) is 21.5 Å². The summed E-state index contributed by atoms with van der Waals surface area (Å²) in [5.74, 6) is -0.360.